The van der Waals surface area contributed by atoms with Crippen molar-refractivity contribution >= 4 is 23.2 Å². The molecule has 1 rings (SSSR count). The Kier molecular flexibility index (Phi) is 6.80. The number of hydrogen-bond acceptors (Lipinski definition) is 4. The summed E-state index contributed by atoms with van der Waals surface area (Å²) in [6.45, 7) is 9.92. The second-order valence-electron chi connectivity index (χ2n) is 6.21. The van der Waals surface area contributed by atoms with Crippen molar-refractivity contribution in [2.45, 2.75) is 39.7 Å². The Morgan fingerprint density at radius 3 is 2.55 bits per heavy atom. The van der Waals surface area contributed by atoms with Gasteiger partial charge in [0.15, 0.2) is 5.96 Å². The van der Waals surface area contributed by atoms with Crippen LogP contribution >= 0.6 is 11.3 Å². The molecule has 0 saturated heterocycles. The Balaban J connectivity index is 2.62. The van der Waals surface area contributed by atoms with E-state index in [1.54, 1.807) is 25.4 Å². The van der Waals surface area contributed by atoms with E-state index in [2.05, 4.69) is 46.8 Å². The molecule has 0 spiro atoms. The Hall–Kier alpha value is -1.63. The molecule has 1 heterocycles. The number of aliphatic imine (C=N–C) groups is 1. The molecule has 0 atom stereocenters. The monoisotopic (exact) mass is 325 g/mol. The van der Waals surface area contributed by atoms with Crippen molar-refractivity contribution in [3.8, 4) is 0 Å². The first-order valence-corrected chi connectivity index (χ1v) is 8.29. The van der Waals surface area contributed by atoms with E-state index < -0.39 is 0 Å². The number of aromatic nitrogens is 1. The molecule has 0 aliphatic rings. The maximum atomic E-state index is 11.6. The predicted molar refractivity (Wildman–Crippen MR) is 92.3 cm³/mol. The third-order valence-corrected chi connectivity index (χ3v) is 3.79. The van der Waals surface area contributed by atoms with E-state index >= 15 is 0 Å². The molecule has 1 aromatic rings. The van der Waals surface area contributed by atoms with E-state index in [1.807, 2.05) is 6.92 Å². The molecular weight excluding hydrogens is 298 g/mol. The lowest BCUT2D eigenvalue weighted by Gasteiger charge is -2.14. The summed E-state index contributed by atoms with van der Waals surface area (Å²) >= 11 is 1.63. The number of hydrogen-bond donors (Lipinski definition) is 2. The van der Waals surface area contributed by atoms with Crippen molar-refractivity contribution in [2.24, 2.45) is 4.99 Å². The summed E-state index contributed by atoms with van der Waals surface area (Å²) in [6.07, 6.45) is 0. The van der Waals surface area contributed by atoms with Gasteiger partial charge in [-0.15, -0.1) is 11.3 Å². The van der Waals surface area contributed by atoms with Gasteiger partial charge in [0.25, 0.3) is 0 Å². The first kappa shape index (κ1) is 18.4. The van der Waals surface area contributed by atoms with Crippen LogP contribution in [0, 0.1) is 0 Å². The number of thiazole rings is 1. The molecule has 0 saturated carbocycles. The molecule has 0 radical (unpaired) electrons. The molecule has 0 aliphatic carbocycles. The van der Waals surface area contributed by atoms with Gasteiger partial charge in [-0.25, -0.2) is 9.98 Å². The largest absolute Gasteiger partial charge is 0.357 e. The van der Waals surface area contributed by atoms with Crippen molar-refractivity contribution in [1.29, 1.82) is 0 Å². The number of nitrogens with zero attached hydrogens (tertiary/aromatic N) is 3. The van der Waals surface area contributed by atoms with E-state index in [0.717, 1.165) is 17.2 Å². The zero-order valence-corrected chi connectivity index (χ0v) is 15.2. The van der Waals surface area contributed by atoms with Crippen LogP contribution in [0.1, 0.15) is 38.4 Å². The first-order chi connectivity index (χ1) is 10.2. The summed E-state index contributed by atoms with van der Waals surface area (Å²) in [6, 6.07) is 0. The molecule has 0 bridgehead atoms. The fraction of sp³-hybridized carbons (Fsp3) is 0.667. The highest BCUT2D eigenvalue weighted by Crippen LogP contribution is 2.23. The molecule has 0 fully saturated rings. The lowest BCUT2D eigenvalue weighted by atomic mass is 9.93. The molecule has 0 aromatic carbocycles. The average Bonchev–Trinajstić information content (AvgIpc) is 2.90. The lowest BCUT2D eigenvalue weighted by Crippen LogP contribution is -2.38. The fourth-order valence-electron chi connectivity index (χ4n) is 1.53. The molecule has 22 heavy (non-hydrogen) atoms. The van der Waals surface area contributed by atoms with Crippen LogP contribution in [0.5, 0.6) is 0 Å². The van der Waals surface area contributed by atoms with Gasteiger partial charge in [0.05, 0.1) is 12.2 Å². The smallest absolute Gasteiger partial charge is 0.243 e. The Labute approximate surface area is 137 Å². The summed E-state index contributed by atoms with van der Waals surface area (Å²) in [7, 11) is 3.45. The van der Waals surface area contributed by atoms with E-state index in [-0.39, 0.29) is 17.9 Å². The van der Waals surface area contributed by atoms with Crippen LogP contribution in [0.4, 0.5) is 0 Å². The number of rotatable bonds is 5. The molecule has 7 heteroatoms. The zero-order valence-electron chi connectivity index (χ0n) is 14.4. The average molecular weight is 325 g/mol. The van der Waals surface area contributed by atoms with Crippen molar-refractivity contribution in [2.75, 3.05) is 27.2 Å². The summed E-state index contributed by atoms with van der Waals surface area (Å²) in [5, 5.41) is 9.44. The minimum Gasteiger partial charge on any atom is -0.357 e. The van der Waals surface area contributed by atoms with Crippen LogP contribution in [0.25, 0.3) is 0 Å². The maximum Gasteiger partial charge on any atom is 0.243 e. The summed E-state index contributed by atoms with van der Waals surface area (Å²) < 4.78 is 0. The number of carbonyl (C=O) groups is 1. The predicted octanol–water partition coefficient (Wildman–Crippen LogP) is 1.58. The number of guanidine groups is 1. The van der Waals surface area contributed by atoms with Crippen molar-refractivity contribution < 1.29 is 4.79 Å². The summed E-state index contributed by atoms with van der Waals surface area (Å²) in [5.74, 6) is 0.603. The topological polar surface area (TPSA) is 69.6 Å². The number of carbonyl (C=O) groups excluding carboxylic acids is 1. The summed E-state index contributed by atoms with van der Waals surface area (Å²) in [5.41, 5.74) is 1.16. The molecule has 124 valence electrons. The highest BCUT2D eigenvalue weighted by molar-refractivity contribution is 7.09. The van der Waals surface area contributed by atoms with Gasteiger partial charge >= 0.3 is 0 Å². The maximum absolute atomic E-state index is 11.6. The quantitative estimate of drug-likeness (QED) is 0.637. The van der Waals surface area contributed by atoms with Gasteiger partial charge in [0.1, 0.15) is 11.6 Å². The standard InChI is InChI=1S/C15H27N5OS/c1-7-16-14(18-9-13(21)20(5)6)17-8-12-19-11(10-22-12)15(2,3)4/h10H,7-9H2,1-6H3,(H2,16,17,18). The van der Waals surface area contributed by atoms with Crippen LogP contribution in [0.2, 0.25) is 0 Å². The molecular formula is C15H27N5OS. The van der Waals surface area contributed by atoms with Crippen LogP contribution in [-0.4, -0.2) is 48.9 Å². The van der Waals surface area contributed by atoms with Gasteiger partial charge < -0.3 is 15.5 Å². The van der Waals surface area contributed by atoms with E-state index in [1.165, 1.54) is 4.90 Å². The van der Waals surface area contributed by atoms with Gasteiger partial charge in [-0.3, -0.25) is 4.79 Å². The van der Waals surface area contributed by atoms with Crippen molar-refractivity contribution in [3.63, 3.8) is 0 Å². The normalized spacial score (nSPS) is 12.2. The molecule has 0 aliphatic heterocycles. The highest BCUT2D eigenvalue weighted by atomic mass is 32.1. The minimum absolute atomic E-state index is 0.0264. The van der Waals surface area contributed by atoms with Gasteiger partial charge in [0.2, 0.25) is 5.91 Å². The Morgan fingerprint density at radius 1 is 1.36 bits per heavy atom. The Bertz CT molecular complexity index is 516. The highest BCUT2D eigenvalue weighted by Gasteiger charge is 2.17. The van der Waals surface area contributed by atoms with Gasteiger partial charge in [-0.05, 0) is 6.92 Å². The second-order valence-corrected chi connectivity index (χ2v) is 7.16. The zero-order chi connectivity index (χ0) is 16.8. The van der Waals surface area contributed by atoms with Crippen LogP contribution in [0.3, 0.4) is 0 Å². The van der Waals surface area contributed by atoms with E-state index in [0.29, 0.717) is 12.5 Å². The summed E-state index contributed by atoms with van der Waals surface area (Å²) in [4.78, 5) is 22.0. The van der Waals surface area contributed by atoms with E-state index in [4.69, 9.17) is 0 Å². The molecule has 1 aromatic heterocycles. The first-order valence-electron chi connectivity index (χ1n) is 7.41. The SMILES string of the molecule is CCNC(=NCC(=O)N(C)C)NCc1nc(C(C)(C)C)cs1. The number of likely N-dealkylation sites (N-methyl/N-ethyl adjacent to an activating group) is 1. The van der Waals surface area contributed by atoms with Gasteiger partial charge in [-0.1, -0.05) is 20.8 Å². The van der Waals surface area contributed by atoms with Crippen molar-refractivity contribution in [1.82, 2.24) is 20.5 Å². The van der Waals surface area contributed by atoms with Crippen LogP contribution < -0.4 is 10.6 Å². The third kappa shape index (κ3) is 6.01. The molecule has 1 amide bonds. The van der Waals surface area contributed by atoms with Crippen molar-refractivity contribution in [3.05, 3.63) is 16.1 Å². The Morgan fingerprint density at radius 2 is 2.05 bits per heavy atom. The molecule has 0 unspecified atom stereocenters. The second kappa shape index (κ2) is 8.12. The molecule has 6 nitrogen and oxygen atoms in total. The van der Waals surface area contributed by atoms with Gasteiger partial charge in [0, 0.05) is 31.4 Å². The van der Waals surface area contributed by atoms with E-state index in [9.17, 15) is 4.79 Å². The minimum atomic E-state index is -0.0264. The lowest BCUT2D eigenvalue weighted by molar-refractivity contribution is -0.127. The third-order valence-electron chi connectivity index (χ3n) is 2.94. The fourth-order valence-corrected chi connectivity index (χ4v) is 2.49. The molecule has 2 N–H and O–H groups in total. The van der Waals surface area contributed by atoms with Gasteiger partial charge in [-0.2, -0.15) is 0 Å². The van der Waals surface area contributed by atoms with Crippen LogP contribution in [-0.2, 0) is 16.8 Å². The number of amides is 1. The number of nitrogens with one attached hydrogen (secondary N) is 2. The van der Waals surface area contributed by atoms with Crippen LogP contribution in [0.15, 0.2) is 10.4 Å².